The summed E-state index contributed by atoms with van der Waals surface area (Å²) >= 11 is 12.4. The summed E-state index contributed by atoms with van der Waals surface area (Å²) < 4.78 is 0.592. The van der Waals surface area contributed by atoms with Crippen LogP contribution in [-0.2, 0) is 4.79 Å². The van der Waals surface area contributed by atoms with Gasteiger partial charge >= 0.3 is 0 Å². The van der Waals surface area contributed by atoms with Crippen LogP contribution < -0.4 is 4.90 Å². The van der Waals surface area contributed by atoms with Crippen LogP contribution in [0.15, 0.2) is 24.3 Å². The third kappa shape index (κ3) is 2.02. The molecule has 1 atom stereocenters. The number of rotatable bonds is 1. The Hall–Kier alpha value is -0.580. The summed E-state index contributed by atoms with van der Waals surface area (Å²) in [6.45, 7) is 1.85. The molecule has 1 saturated heterocycles. The molecule has 2 rings (SSSR count). The largest absolute Gasteiger partial charge is 0.273 e. The summed E-state index contributed by atoms with van der Waals surface area (Å²) in [5, 5.41) is 0.504. The Bertz CT molecular complexity index is 435. The number of hydrogen-bond acceptors (Lipinski definition) is 3. The molecule has 5 heteroatoms. The van der Waals surface area contributed by atoms with Crippen molar-refractivity contribution >= 4 is 51.5 Å². The van der Waals surface area contributed by atoms with Gasteiger partial charge in [-0.2, -0.15) is 0 Å². The minimum atomic E-state index is -0.100. The second kappa shape index (κ2) is 4.12. The molecule has 1 aromatic carbocycles. The minimum Gasteiger partial charge on any atom is -0.273 e. The van der Waals surface area contributed by atoms with Crippen LogP contribution in [0.25, 0.3) is 0 Å². The van der Waals surface area contributed by atoms with Crippen LogP contribution in [0.5, 0.6) is 0 Å². The van der Waals surface area contributed by atoms with Crippen molar-refractivity contribution in [2.24, 2.45) is 0 Å². The van der Waals surface area contributed by atoms with Gasteiger partial charge in [0, 0.05) is 5.02 Å². The zero-order valence-electron chi connectivity index (χ0n) is 7.94. The minimum absolute atomic E-state index is 0.0206. The highest BCUT2D eigenvalue weighted by Gasteiger charge is 2.34. The number of carbonyl (C=O) groups is 1. The summed E-state index contributed by atoms with van der Waals surface area (Å²) in [6, 6.07) is 7.14. The predicted molar refractivity (Wildman–Crippen MR) is 68.6 cm³/mol. The molecule has 1 aliphatic heterocycles. The number of anilines is 1. The van der Waals surface area contributed by atoms with E-state index in [0.717, 1.165) is 5.69 Å². The molecule has 1 heterocycles. The molecule has 0 spiro atoms. The predicted octanol–water partition coefficient (Wildman–Crippen LogP) is 3.09. The van der Waals surface area contributed by atoms with Crippen molar-refractivity contribution in [2.45, 2.75) is 12.2 Å². The molecule has 1 fully saturated rings. The van der Waals surface area contributed by atoms with Gasteiger partial charge in [0.1, 0.15) is 4.32 Å². The van der Waals surface area contributed by atoms with E-state index in [1.54, 1.807) is 18.2 Å². The summed E-state index contributed by atoms with van der Waals surface area (Å²) in [5.41, 5.74) is 0.745. The lowest BCUT2D eigenvalue weighted by molar-refractivity contribution is -0.116. The number of halogens is 1. The van der Waals surface area contributed by atoms with Crippen molar-refractivity contribution in [1.29, 1.82) is 0 Å². The van der Waals surface area contributed by atoms with Crippen molar-refractivity contribution in [3.05, 3.63) is 29.3 Å². The standard InChI is InChI=1S/C10H8ClNOS2/c1-6-9(13)12(10(14)15-6)8-4-2-3-7(11)5-8/h2-6H,1H3. The first-order chi connectivity index (χ1) is 7.09. The lowest BCUT2D eigenvalue weighted by Gasteiger charge is -2.15. The highest BCUT2D eigenvalue weighted by molar-refractivity contribution is 8.25. The molecule has 1 aliphatic rings. The van der Waals surface area contributed by atoms with E-state index in [1.165, 1.54) is 16.7 Å². The zero-order chi connectivity index (χ0) is 11.0. The van der Waals surface area contributed by atoms with E-state index in [2.05, 4.69) is 0 Å². The number of amides is 1. The number of benzene rings is 1. The summed E-state index contributed by atoms with van der Waals surface area (Å²) in [5.74, 6) is 0.0206. The zero-order valence-corrected chi connectivity index (χ0v) is 10.3. The van der Waals surface area contributed by atoms with Gasteiger partial charge in [-0.05, 0) is 25.1 Å². The molecule has 0 aromatic heterocycles. The fraction of sp³-hybridized carbons (Fsp3) is 0.200. The van der Waals surface area contributed by atoms with Gasteiger partial charge in [0.05, 0.1) is 10.9 Å². The number of thioether (sulfide) groups is 1. The molecular formula is C10H8ClNOS2. The Morgan fingerprint density at radius 1 is 1.53 bits per heavy atom. The molecule has 78 valence electrons. The summed E-state index contributed by atoms with van der Waals surface area (Å²) in [4.78, 5) is 13.3. The maximum atomic E-state index is 11.8. The molecule has 0 radical (unpaired) electrons. The fourth-order valence-corrected chi connectivity index (χ4v) is 3.00. The lowest BCUT2D eigenvalue weighted by atomic mass is 10.3. The number of hydrogen-bond donors (Lipinski definition) is 0. The molecule has 2 nitrogen and oxygen atoms in total. The molecule has 0 bridgehead atoms. The SMILES string of the molecule is CC1SC(=S)N(c2cccc(Cl)c2)C1=O. The van der Waals surface area contributed by atoms with E-state index in [1.807, 2.05) is 13.0 Å². The molecular weight excluding hydrogens is 250 g/mol. The molecule has 0 aliphatic carbocycles. The first-order valence-electron chi connectivity index (χ1n) is 4.40. The first kappa shape index (κ1) is 10.9. The number of nitrogens with zero attached hydrogens (tertiary/aromatic N) is 1. The smallest absolute Gasteiger partial charge is 0.245 e. The first-order valence-corrected chi connectivity index (χ1v) is 6.06. The van der Waals surface area contributed by atoms with Gasteiger partial charge in [-0.3, -0.25) is 9.69 Å². The van der Waals surface area contributed by atoms with E-state index >= 15 is 0 Å². The second-order valence-electron chi connectivity index (χ2n) is 3.18. The lowest BCUT2D eigenvalue weighted by Crippen LogP contribution is -2.30. The Morgan fingerprint density at radius 3 is 2.80 bits per heavy atom. The second-order valence-corrected chi connectivity index (χ2v) is 5.59. The van der Waals surface area contributed by atoms with Gasteiger partial charge in [-0.25, -0.2) is 0 Å². The van der Waals surface area contributed by atoms with Gasteiger partial charge in [-0.1, -0.05) is 41.6 Å². The monoisotopic (exact) mass is 257 g/mol. The van der Waals surface area contributed by atoms with E-state index < -0.39 is 0 Å². The van der Waals surface area contributed by atoms with Gasteiger partial charge in [0.2, 0.25) is 5.91 Å². The van der Waals surface area contributed by atoms with E-state index in [9.17, 15) is 4.79 Å². The Morgan fingerprint density at radius 2 is 2.27 bits per heavy atom. The quantitative estimate of drug-likeness (QED) is 0.721. The van der Waals surface area contributed by atoms with E-state index in [-0.39, 0.29) is 11.2 Å². The van der Waals surface area contributed by atoms with Crippen LogP contribution in [0.3, 0.4) is 0 Å². The van der Waals surface area contributed by atoms with Gasteiger partial charge in [0.15, 0.2) is 0 Å². The summed E-state index contributed by atoms with van der Waals surface area (Å²) in [6.07, 6.45) is 0. The Labute approximate surface area is 103 Å². The third-order valence-electron chi connectivity index (χ3n) is 2.09. The van der Waals surface area contributed by atoms with Crippen LogP contribution in [0, 0.1) is 0 Å². The van der Waals surface area contributed by atoms with Crippen molar-refractivity contribution in [2.75, 3.05) is 4.90 Å². The highest BCUT2D eigenvalue weighted by Crippen LogP contribution is 2.32. The van der Waals surface area contributed by atoms with Crippen molar-refractivity contribution < 1.29 is 4.79 Å². The Kier molecular flexibility index (Phi) is 3.00. The maximum absolute atomic E-state index is 11.8. The van der Waals surface area contributed by atoms with Crippen LogP contribution in [0.4, 0.5) is 5.69 Å². The van der Waals surface area contributed by atoms with Crippen molar-refractivity contribution in [3.63, 3.8) is 0 Å². The molecule has 1 unspecified atom stereocenters. The van der Waals surface area contributed by atoms with Crippen LogP contribution in [0.1, 0.15) is 6.92 Å². The Balaban J connectivity index is 2.39. The average Bonchev–Trinajstić information content (AvgIpc) is 2.41. The number of carbonyl (C=O) groups excluding carboxylic acids is 1. The maximum Gasteiger partial charge on any atom is 0.245 e. The molecule has 15 heavy (non-hydrogen) atoms. The molecule has 0 saturated carbocycles. The van der Waals surface area contributed by atoms with E-state index in [0.29, 0.717) is 9.34 Å². The third-order valence-corrected chi connectivity index (χ3v) is 3.74. The fourth-order valence-electron chi connectivity index (χ4n) is 1.37. The molecule has 1 aromatic rings. The summed E-state index contributed by atoms with van der Waals surface area (Å²) in [7, 11) is 0. The van der Waals surface area contributed by atoms with Crippen molar-refractivity contribution in [1.82, 2.24) is 0 Å². The van der Waals surface area contributed by atoms with Crippen molar-refractivity contribution in [3.8, 4) is 0 Å². The van der Waals surface area contributed by atoms with Crippen LogP contribution in [-0.4, -0.2) is 15.5 Å². The van der Waals surface area contributed by atoms with Crippen LogP contribution in [0.2, 0.25) is 5.02 Å². The normalized spacial score (nSPS) is 21.2. The highest BCUT2D eigenvalue weighted by atomic mass is 35.5. The average molecular weight is 258 g/mol. The topological polar surface area (TPSA) is 20.3 Å². The molecule has 0 N–H and O–H groups in total. The van der Waals surface area contributed by atoms with E-state index in [4.69, 9.17) is 23.8 Å². The van der Waals surface area contributed by atoms with Gasteiger partial charge < -0.3 is 0 Å². The molecule has 1 amide bonds. The van der Waals surface area contributed by atoms with Gasteiger partial charge in [0.25, 0.3) is 0 Å². The number of thiocarbonyl (C=S) groups is 1. The van der Waals surface area contributed by atoms with Gasteiger partial charge in [-0.15, -0.1) is 0 Å². The van der Waals surface area contributed by atoms with Crippen LogP contribution >= 0.6 is 35.6 Å².